The molecule has 3 fully saturated rings. The molecule has 3 heterocycles. The Bertz CT molecular complexity index is 861. The van der Waals surface area contributed by atoms with E-state index in [4.69, 9.17) is 0 Å². The van der Waals surface area contributed by atoms with Crippen molar-refractivity contribution in [3.8, 4) is 0 Å². The summed E-state index contributed by atoms with van der Waals surface area (Å²) >= 11 is 0. The van der Waals surface area contributed by atoms with Gasteiger partial charge in [-0.05, 0) is 55.1 Å². The summed E-state index contributed by atoms with van der Waals surface area (Å²) in [6.07, 6.45) is 2.82. The van der Waals surface area contributed by atoms with Gasteiger partial charge in [-0.1, -0.05) is 42.5 Å². The Morgan fingerprint density at radius 1 is 1.00 bits per heavy atom. The van der Waals surface area contributed by atoms with Gasteiger partial charge in [0.15, 0.2) is 0 Å². The van der Waals surface area contributed by atoms with Crippen LogP contribution in [0.2, 0.25) is 0 Å². The van der Waals surface area contributed by atoms with Crippen LogP contribution in [0.25, 0.3) is 0 Å². The second-order valence-electron chi connectivity index (χ2n) is 8.38. The van der Waals surface area contributed by atoms with Gasteiger partial charge in [0.25, 0.3) is 5.91 Å². The SMILES string of the molecule is O=C(N[C@@H](Cc1ccccc1)C(=O)O)c1ccc(CNC2CN3CCC2CC3)cc1. The molecule has 30 heavy (non-hydrogen) atoms. The number of hydrogen-bond donors (Lipinski definition) is 3. The van der Waals surface area contributed by atoms with Crippen molar-refractivity contribution in [3.63, 3.8) is 0 Å². The molecule has 1 unspecified atom stereocenters. The van der Waals surface area contributed by atoms with E-state index in [1.54, 1.807) is 12.1 Å². The van der Waals surface area contributed by atoms with Gasteiger partial charge in [0, 0.05) is 31.1 Å². The maximum Gasteiger partial charge on any atom is 0.326 e. The number of piperidine rings is 3. The molecule has 3 aliphatic rings. The molecule has 0 aromatic heterocycles. The van der Waals surface area contributed by atoms with Gasteiger partial charge < -0.3 is 20.6 Å². The smallest absolute Gasteiger partial charge is 0.326 e. The third kappa shape index (κ3) is 5.07. The van der Waals surface area contributed by atoms with Crippen molar-refractivity contribution in [2.75, 3.05) is 19.6 Å². The molecule has 158 valence electrons. The summed E-state index contributed by atoms with van der Waals surface area (Å²) in [4.78, 5) is 26.7. The molecule has 2 aromatic carbocycles. The van der Waals surface area contributed by atoms with Crippen LogP contribution < -0.4 is 10.6 Å². The molecule has 0 aliphatic carbocycles. The van der Waals surface area contributed by atoms with Crippen LogP contribution in [-0.2, 0) is 17.8 Å². The number of fused-ring (bicyclic) bond motifs is 3. The lowest BCUT2D eigenvalue weighted by Gasteiger charge is -2.45. The highest BCUT2D eigenvalue weighted by Gasteiger charge is 2.33. The van der Waals surface area contributed by atoms with E-state index in [2.05, 4.69) is 15.5 Å². The van der Waals surface area contributed by atoms with Crippen LogP contribution in [-0.4, -0.2) is 53.6 Å². The van der Waals surface area contributed by atoms with Crippen LogP contribution in [0.1, 0.15) is 34.3 Å². The van der Waals surface area contributed by atoms with E-state index in [1.807, 2.05) is 42.5 Å². The maximum atomic E-state index is 12.6. The van der Waals surface area contributed by atoms with E-state index in [-0.39, 0.29) is 12.3 Å². The predicted molar refractivity (Wildman–Crippen MR) is 115 cm³/mol. The number of hydrogen-bond acceptors (Lipinski definition) is 4. The molecule has 0 radical (unpaired) electrons. The summed E-state index contributed by atoms with van der Waals surface area (Å²) in [6, 6.07) is 16.3. The van der Waals surface area contributed by atoms with Gasteiger partial charge in [-0.2, -0.15) is 0 Å². The van der Waals surface area contributed by atoms with Gasteiger partial charge in [0.2, 0.25) is 0 Å². The molecule has 3 saturated heterocycles. The molecule has 2 bridgehead atoms. The Morgan fingerprint density at radius 3 is 2.30 bits per heavy atom. The summed E-state index contributed by atoms with van der Waals surface area (Å²) in [5, 5.41) is 15.8. The third-order valence-electron chi connectivity index (χ3n) is 6.33. The van der Waals surface area contributed by atoms with Crippen molar-refractivity contribution in [2.24, 2.45) is 5.92 Å². The first-order chi connectivity index (χ1) is 14.6. The highest BCUT2D eigenvalue weighted by Crippen LogP contribution is 2.27. The first kappa shape index (κ1) is 20.6. The van der Waals surface area contributed by atoms with Crippen molar-refractivity contribution in [3.05, 3.63) is 71.3 Å². The lowest BCUT2D eigenvalue weighted by atomic mass is 9.84. The summed E-state index contributed by atoms with van der Waals surface area (Å²) < 4.78 is 0. The molecule has 2 aromatic rings. The van der Waals surface area contributed by atoms with Crippen LogP contribution >= 0.6 is 0 Å². The third-order valence-corrected chi connectivity index (χ3v) is 6.33. The molecule has 3 N–H and O–H groups in total. The predicted octanol–water partition coefficient (Wildman–Crippen LogP) is 2.30. The summed E-state index contributed by atoms with van der Waals surface area (Å²) in [7, 11) is 0. The van der Waals surface area contributed by atoms with Crippen LogP contribution in [0.4, 0.5) is 0 Å². The highest BCUT2D eigenvalue weighted by molar-refractivity contribution is 5.96. The average Bonchev–Trinajstić information content (AvgIpc) is 2.79. The Balaban J connectivity index is 1.31. The zero-order chi connectivity index (χ0) is 20.9. The molecular weight excluding hydrogens is 378 g/mol. The standard InChI is InChI=1S/C24H29N3O3/c28-23(26-21(24(29)30)14-17-4-2-1-3-5-17)20-8-6-18(7-9-20)15-25-22-16-27-12-10-19(22)11-13-27/h1-9,19,21-22,25H,10-16H2,(H,26,28)(H,29,30)/t21-,22?/m0/s1. The molecular formula is C24H29N3O3. The zero-order valence-electron chi connectivity index (χ0n) is 17.1. The monoisotopic (exact) mass is 407 g/mol. The zero-order valence-corrected chi connectivity index (χ0v) is 17.1. The fraction of sp³-hybridized carbons (Fsp3) is 0.417. The first-order valence-corrected chi connectivity index (χ1v) is 10.7. The number of aliphatic carboxylic acids is 1. The van der Waals surface area contributed by atoms with Gasteiger partial charge >= 0.3 is 5.97 Å². The van der Waals surface area contributed by atoms with E-state index in [1.165, 1.54) is 25.9 Å². The molecule has 3 aliphatic heterocycles. The molecule has 0 saturated carbocycles. The number of carboxylic acid groups (broad SMARTS) is 1. The van der Waals surface area contributed by atoms with E-state index in [9.17, 15) is 14.7 Å². The second-order valence-corrected chi connectivity index (χ2v) is 8.38. The molecule has 6 nitrogen and oxygen atoms in total. The molecule has 1 amide bonds. The lowest BCUT2D eigenvalue weighted by Crippen LogP contribution is -2.55. The van der Waals surface area contributed by atoms with Crippen molar-refractivity contribution >= 4 is 11.9 Å². The fourth-order valence-electron chi connectivity index (χ4n) is 4.51. The number of nitrogens with zero attached hydrogens (tertiary/aromatic N) is 1. The molecule has 5 rings (SSSR count). The maximum absolute atomic E-state index is 12.6. The van der Waals surface area contributed by atoms with Gasteiger partial charge in [-0.25, -0.2) is 4.79 Å². The number of carboxylic acids is 1. The summed E-state index contributed by atoms with van der Waals surface area (Å²) in [5.41, 5.74) is 2.47. The highest BCUT2D eigenvalue weighted by atomic mass is 16.4. The summed E-state index contributed by atoms with van der Waals surface area (Å²) in [6.45, 7) is 4.37. The number of carbonyl (C=O) groups excluding carboxylic acids is 1. The minimum absolute atomic E-state index is 0.253. The Morgan fingerprint density at radius 2 is 1.70 bits per heavy atom. The normalized spacial score (nSPS) is 23.7. The van der Waals surface area contributed by atoms with Crippen molar-refractivity contribution in [1.82, 2.24) is 15.5 Å². The van der Waals surface area contributed by atoms with E-state index in [0.717, 1.165) is 30.1 Å². The van der Waals surface area contributed by atoms with Crippen LogP contribution in [0.5, 0.6) is 0 Å². The van der Waals surface area contributed by atoms with E-state index < -0.39 is 12.0 Å². The van der Waals surface area contributed by atoms with Gasteiger partial charge in [0.1, 0.15) is 6.04 Å². The minimum atomic E-state index is -1.04. The van der Waals surface area contributed by atoms with Crippen LogP contribution in [0.15, 0.2) is 54.6 Å². The largest absolute Gasteiger partial charge is 0.480 e. The van der Waals surface area contributed by atoms with Gasteiger partial charge in [0.05, 0.1) is 0 Å². The Kier molecular flexibility index (Phi) is 6.45. The fourth-order valence-corrected chi connectivity index (χ4v) is 4.51. The second kappa shape index (κ2) is 9.41. The Hall–Kier alpha value is -2.70. The first-order valence-electron chi connectivity index (χ1n) is 10.7. The average molecular weight is 408 g/mol. The lowest BCUT2D eigenvalue weighted by molar-refractivity contribution is -0.139. The van der Waals surface area contributed by atoms with Crippen LogP contribution in [0, 0.1) is 5.92 Å². The van der Waals surface area contributed by atoms with Crippen molar-refractivity contribution < 1.29 is 14.7 Å². The van der Waals surface area contributed by atoms with E-state index >= 15 is 0 Å². The summed E-state index contributed by atoms with van der Waals surface area (Å²) in [5.74, 6) is -0.626. The number of benzene rings is 2. The van der Waals surface area contributed by atoms with E-state index in [0.29, 0.717) is 11.6 Å². The molecule has 0 spiro atoms. The molecule has 2 atom stereocenters. The van der Waals surface area contributed by atoms with Crippen LogP contribution in [0.3, 0.4) is 0 Å². The minimum Gasteiger partial charge on any atom is -0.480 e. The van der Waals surface area contributed by atoms with Gasteiger partial charge in [-0.15, -0.1) is 0 Å². The molecule has 6 heteroatoms. The topological polar surface area (TPSA) is 81.7 Å². The number of amides is 1. The Labute approximate surface area is 177 Å². The quantitative estimate of drug-likeness (QED) is 0.626. The number of nitrogens with one attached hydrogen (secondary N) is 2. The number of carbonyl (C=O) groups is 2. The van der Waals surface area contributed by atoms with Crippen molar-refractivity contribution in [2.45, 2.75) is 37.9 Å². The number of rotatable bonds is 8. The van der Waals surface area contributed by atoms with Gasteiger partial charge in [-0.3, -0.25) is 4.79 Å². The van der Waals surface area contributed by atoms with Crippen molar-refractivity contribution in [1.29, 1.82) is 0 Å².